The number of anilines is 1. The highest BCUT2D eigenvalue weighted by Crippen LogP contribution is 2.38. The van der Waals surface area contributed by atoms with E-state index in [0.717, 1.165) is 18.4 Å². The Morgan fingerprint density at radius 2 is 1.59 bits per heavy atom. The minimum absolute atomic E-state index is 0.0699. The Labute approximate surface area is 158 Å². The Hall–Kier alpha value is -3.09. The van der Waals surface area contributed by atoms with Crippen molar-refractivity contribution in [1.82, 2.24) is 0 Å². The lowest BCUT2D eigenvalue weighted by Crippen LogP contribution is -2.14. The van der Waals surface area contributed by atoms with Crippen molar-refractivity contribution < 1.29 is 19.2 Å². The second kappa shape index (κ2) is 9.56. The quantitative estimate of drug-likeness (QED) is 0.507. The second-order valence-electron chi connectivity index (χ2n) is 6.09. The van der Waals surface area contributed by atoms with Crippen LogP contribution in [0.25, 0.3) is 0 Å². The van der Waals surface area contributed by atoms with Crippen molar-refractivity contribution in [2.75, 3.05) is 18.5 Å². The van der Waals surface area contributed by atoms with Crippen LogP contribution in [0, 0.1) is 17.0 Å². The first-order valence-corrected chi connectivity index (χ1v) is 8.92. The molecule has 0 aliphatic carbocycles. The minimum Gasteiger partial charge on any atom is -0.490 e. The largest absolute Gasteiger partial charge is 0.490 e. The zero-order valence-electron chi connectivity index (χ0n) is 15.8. The third kappa shape index (κ3) is 5.44. The van der Waals surface area contributed by atoms with Gasteiger partial charge in [0, 0.05) is 11.6 Å². The van der Waals surface area contributed by atoms with E-state index in [1.165, 1.54) is 12.1 Å². The summed E-state index contributed by atoms with van der Waals surface area (Å²) in [7, 11) is 0. The maximum Gasteiger partial charge on any atom is 0.296 e. The van der Waals surface area contributed by atoms with Crippen molar-refractivity contribution in [2.45, 2.75) is 33.6 Å². The molecule has 0 radical (unpaired) electrons. The van der Waals surface area contributed by atoms with Gasteiger partial charge in [-0.05, 0) is 31.9 Å². The van der Waals surface area contributed by atoms with Gasteiger partial charge in [-0.1, -0.05) is 31.5 Å². The zero-order valence-corrected chi connectivity index (χ0v) is 15.8. The molecule has 0 aromatic heterocycles. The minimum atomic E-state index is -0.548. The molecular formula is C20H24N2O5. The summed E-state index contributed by atoms with van der Waals surface area (Å²) in [5.41, 5.74) is 1.26. The smallest absolute Gasteiger partial charge is 0.296 e. The highest BCUT2D eigenvalue weighted by molar-refractivity contribution is 6.05. The lowest BCUT2D eigenvalue weighted by Gasteiger charge is -2.14. The molecule has 7 heteroatoms. The molecule has 1 N–H and O–H groups in total. The first-order valence-electron chi connectivity index (χ1n) is 8.92. The van der Waals surface area contributed by atoms with Gasteiger partial charge in [-0.15, -0.1) is 0 Å². The van der Waals surface area contributed by atoms with Crippen molar-refractivity contribution in [2.24, 2.45) is 0 Å². The summed E-state index contributed by atoms with van der Waals surface area (Å²) in [6.07, 6.45) is 1.53. The van der Waals surface area contributed by atoms with Crippen LogP contribution in [-0.4, -0.2) is 24.0 Å². The topological polar surface area (TPSA) is 90.7 Å². The predicted octanol–water partition coefficient (Wildman–Crippen LogP) is 4.73. The molecule has 0 saturated carbocycles. The van der Waals surface area contributed by atoms with E-state index in [-0.39, 0.29) is 11.4 Å². The van der Waals surface area contributed by atoms with Crippen LogP contribution in [-0.2, 0) is 0 Å². The molecule has 0 fully saturated rings. The van der Waals surface area contributed by atoms with Crippen molar-refractivity contribution >= 4 is 17.3 Å². The second-order valence-corrected chi connectivity index (χ2v) is 6.09. The molecule has 0 aliphatic rings. The maximum absolute atomic E-state index is 12.5. The summed E-state index contributed by atoms with van der Waals surface area (Å²) in [4.78, 5) is 23.4. The summed E-state index contributed by atoms with van der Waals surface area (Å²) >= 11 is 0. The first-order chi connectivity index (χ1) is 13.0. The number of rotatable bonds is 9. The van der Waals surface area contributed by atoms with E-state index in [0.29, 0.717) is 30.3 Å². The monoisotopic (exact) mass is 372 g/mol. The summed E-state index contributed by atoms with van der Waals surface area (Å²) in [5, 5.41) is 14.1. The third-order valence-corrected chi connectivity index (χ3v) is 3.74. The standard InChI is InChI=1S/C20H24N2O5/c1-4-10-26-18-12-16(17(22(24)25)13-19(18)27-11-5-2)21-20(23)15-8-6-14(3)7-9-15/h6-9,12-13H,4-5,10-11H2,1-3H3,(H,21,23). The van der Waals surface area contributed by atoms with Crippen LogP contribution in [0.15, 0.2) is 36.4 Å². The molecule has 2 aromatic rings. The number of hydrogen-bond acceptors (Lipinski definition) is 5. The number of amides is 1. The molecule has 27 heavy (non-hydrogen) atoms. The number of nitro groups is 1. The van der Waals surface area contributed by atoms with E-state index in [9.17, 15) is 14.9 Å². The fourth-order valence-electron chi connectivity index (χ4n) is 2.35. The number of nitrogens with one attached hydrogen (secondary N) is 1. The number of nitro benzene ring substituents is 1. The molecule has 1 amide bonds. The molecule has 0 spiro atoms. The number of benzene rings is 2. The van der Waals surface area contributed by atoms with E-state index >= 15 is 0 Å². The van der Waals surface area contributed by atoms with Gasteiger partial charge in [0.05, 0.1) is 24.2 Å². The first kappa shape index (κ1) is 20.2. The molecule has 7 nitrogen and oxygen atoms in total. The number of carbonyl (C=O) groups is 1. The summed E-state index contributed by atoms with van der Waals surface area (Å²) in [5.74, 6) is 0.238. The molecule has 144 valence electrons. The van der Waals surface area contributed by atoms with Gasteiger partial charge in [0.2, 0.25) is 0 Å². The zero-order chi connectivity index (χ0) is 19.8. The van der Waals surface area contributed by atoms with E-state index in [1.807, 2.05) is 20.8 Å². The lowest BCUT2D eigenvalue weighted by atomic mass is 10.1. The van der Waals surface area contributed by atoms with Gasteiger partial charge in [-0.25, -0.2) is 0 Å². The summed E-state index contributed by atoms with van der Waals surface area (Å²) < 4.78 is 11.3. The third-order valence-electron chi connectivity index (χ3n) is 3.74. The molecule has 0 unspecified atom stereocenters. The van der Waals surface area contributed by atoms with E-state index in [4.69, 9.17) is 9.47 Å². The predicted molar refractivity (Wildman–Crippen MR) is 104 cm³/mol. The van der Waals surface area contributed by atoms with E-state index in [2.05, 4.69) is 5.32 Å². The van der Waals surface area contributed by atoms with Crippen LogP contribution in [0.2, 0.25) is 0 Å². The number of hydrogen-bond donors (Lipinski definition) is 1. The molecule has 0 aliphatic heterocycles. The summed E-state index contributed by atoms with van der Waals surface area (Å²) in [6, 6.07) is 9.70. The molecule has 0 saturated heterocycles. The number of ether oxygens (including phenoxy) is 2. The summed E-state index contributed by atoms with van der Waals surface area (Å²) in [6.45, 7) is 6.66. The average Bonchev–Trinajstić information content (AvgIpc) is 2.65. The van der Waals surface area contributed by atoms with E-state index in [1.54, 1.807) is 24.3 Å². The normalized spacial score (nSPS) is 10.3. The molecule has 2 rings (SSSR count). The maximum atomic E-state index is 12.5. The van der Waals surface area contributed by atoms with Gasteiger partial charge in [0.15, 0.2) is 11.5 Å². The van der Waals surface area contributed by atoms with Crippen LogP contribution in [0.1, 0.15) is 42.6 Å². The van der Waals surface area contributed by atoms with Crippen molar-refractivity contribution in [3.8, 4) is 11.5 Å². The van der Waals surface area contributed by atoms with E-state index < -0.39 is 10.8 Å². The molecule has 0 atom stereocenters. The van der Waals surface area contributed by atoms with Crippen LogP contribution in [0.4, 0.5) is 11.4 Å². The van der Waals surface area contributed by atoms with Crippen LogP contribution < -0.4 is 14.8 Å². The lowest BCUT2D eigenvalue weighted by molar-refractivity contribution is -0.384. The highest BCUT2D eigenvalue weighted by atomic mass is 16.6. The SMILES string of the molecule is CCCOc1cc(NC(=O)c2ccc(C)cc2)c([N+](=O)[O-])cc1OCCC. The van der Waals surface area contributed by atoms with Gasteiger partial charge in [0.1, 0.15) is 5.69 Å². The van der Waals surface area contributed by atoms with Crippen LogP contribution in [0.5, 0.6) is 11.5 Å². The van der Waals surface area contributed by atoms with Crippen molar-refractivity contribution in [1.29, 1.82) is 0 Å². The Bertz CT molecular complexity index is 803. The highest BCUT2D eigenvalue weighted by Gasteiger charge is 2.22. The van der Waals surface area contributed by atoms with Crippen LogP contribution >= 0.6 is 0 Å². The Kier molecular flexibility index (Phi) is 7.16. The van der Waals surface area contributed by atoms with Gasteiger partial charge in [-0.3, -0.25) is 14.9 Å². The number of aryl methyl sites for hydroxylation is 1. The Morgan fingerprint density at radius 3 is 2.11 bits per heavy atom. The van der Waals surface area contributed by atoms with Crippen LogP contribution in [0.3, 0.4) is 0 Å². The van der Waals surface area contributed by atoms with Gasteiger partial charge < -0.3 is 14.8 Å². The Morgan fingerprint density at radius 1 is 1.04 bits per heavy atom. The van der Waals surface area contributed by atoms with Gasteiger partial charge >= 0.3 is 0 Å². The number of nitrogens with zero attached hydrogens (tertiary/aromatic N) is 1. The average molecular weight is 372 g/mol. The Balaban J connectivity index is 2.38. The van der Waals surface area contributed by atoms with Crippen molar-refractivity contribution in [3.05, 3.63) is 57.6 Å². The molecule has 2 aromatic carbocycles. The van der Waals surface area contributed by atoms with Gasteiger partial charge in [0.25, 0.3) is 11.6 Å². The number of carbonyl (C=O) groups excluding carboxylic acids is 1. The fourth-order valence-corrected chi connectivity index (χ4v) is 2.35. The fraction of sp³-hybridized carbons (Fsp3) is 0.350. The molecule has 0 heterocycles. The molecular weight excluding hydrogens is 348 g/mol. The van der Waals surface area contributed by atoms with Gasteiger partial charge in [-0.2, -0.15) is 0 Å². The van der Waals surface area contributed by atoms with Crippen molar-refractivity contribution in [3.63, 3.8) is 0 Å². The molecule has 0 bridgehead atoms.